The van der Waals surface area contributed by atoms with Crippen LogP contribution in [0.2, 0.25) is 5.15 Å². The van der Waals surface area contributed by atoms with E-state index in [0.29, 0.717) is 11.8 Å². The fourth-order valence-corrected chi connectivity index (χ4v) is 1.83. The number of rotatable bonds is 5. The lowest BCUT2D eigenvalue weighted by molar-refractivity contribution is 0.122. The van der Waals surface area contributed by atoms with E-state index >= 15 is 0 Å². The molecule has 0 aliphatic rings. The average molecular weight is 243 g/mol. The summed E-state index contributed by atoms with van der Waals surface area (Å²) in [6, 6.07) is 4.00. The summed E-state index contributed by atoms with van der Waals surface area (Å²) in [4.78, 5) is 4.07. The summed E-state index contributed by atoms with van der Waals surface area (Å²) >= 11 is 5.75. The highest BCUT2D eigenvalue weighted by Gasteiger charge is 2.20. The first-order valence-electron chi connectivity index (χ1n) is 5.33. The van der Waals surface area contributed by atoms with E-state index in [4.69, 9.17) is 16.3 Å². The van der Waals surface area contributed by atoms with Crippen LogP contribution in [0.3, 0.4) is 0 Å². The minimum atomic E-state index is -0.0617. The molecule has 1 unspecified atom stereocenters. The fraction of sp³-hybridized carbons (Fsp3) is 0.583. The van der Waals surface area contributed by atoms with Crippen LogP contribution >= 0.6 is 11.6 Å². The summed E-state index contributed by atoms with van der Waals surface area (Å²) in [6.07, 6.45) is 1.79. The standard InChI is InChI=1S/C12H19ClN2O/c1-9(15-12(2,3)8-16-4)10-5-6-11(13)14-7-10/h5-7,9,15H,8H2,1-4H3. The van der Waals surface area contributed by atoms with E-state index in [1.165, 1.54) is 0 Å². The van der Waals surface area contributed by atoms with Crippen LogP contribution < -0.4 is 5.32 Å². The van der Waals surface area contributed by atoms with Gasteiger partial charge in [0.2, 0.25) is 0 Å². The summed E-state index contributed by atoms with van der Waals surface area (Å²) in [5.41, 5.74) is 1.06. The average Bonchev–Trinajstić information content (AvgIpc) is 2.17. The molecule has 0 radical (unpaired) electrons. The Balaban J connectivity index is 2.64. The van der Waals surface area contributed by atoms with Crippen LogP contribution in [-0.2, 0) is 4.74 Å². The molecule has 0 saturated heterocycles. The first-order chi connectivity index (χ1) is 7.44. The first kappa shape index (κ1) is 13.4. The molecule has 16 heavy (non-hydrogen) atoms. The van der Waals surface area contributed by atoms with Crippen molar-refractivity contribution in [1.82, 2.24) is 10.3 Å². The predicted octanol–water partition coefficient (Wildman–Crippen LogP) is 2.81. The summed E-state index contributed by atoms with van der Waals surface area (Å²) in [7, 11) is 1.71. The van der Waals surface area contributed by atoms with Crippen LogP contribution in [0.4, 0.5) is 0 Å². The zero-order chi connectivity index (χ0) is 12.2. The van der Waals surface area contributed by atoms with Gasteiger partial charge in [-0.25, -0.2) is 4.98 Å². The van der Waals surface area contributed by atoms with Crippen molar-refractivity contribution in [2.45, 2.75) is 32.4 Å². The van der Waals surface area contributed by atoms with Gasteiger partial charge >= 0.3 is 0 Å². The number of aromatic nitrogens is 1. The maximum atomic E-state index is 5.75. The SMILES string of the molecule is COCC(C)(C)NC(C)c1ccc(Cl)nc1. The number of pyridine rings is 1. The van der Waals surface area contributed by atoms with Gasteiger partial charge < -0.3 is 10.1 Å². The minimum absolute atomic E-state index is 0.0617. The van der Waals surface area contributed by atoms with Gasteiger partial charge in [0.15, 0.2) is 0 Å². The third kappa shape index (κ3) is 4.08. The maximum Gasteiger partial charge on any atom is 0.129 e. The lowest BCUT2D eigenvalue weighted by Crippen LogP contribution is -2.44. The van der Waals surface area contributed by atoms with Crippen molar-refractivity contribution in [3.63, 3.8) is 0 Å². The lowest BCUT2D eigenvalue weighted by Gasteiger charge is -2.29. The highest BCUT2D eigenvalue weighted by atomic mass is 35.5. The lowest BCUT2D eigenvalue weighted by atomic mass is 10.0. The minimum Gasteiger partial charge on any atom is -0.383 e. The molecule has 0 aliphatic carbocycles. The topological polar surface area (TPSA) is 34.1 Å². The molecule has 0 aromatic carbocycles. The molecule has 4 heteroatoms. The van der Waals surface area contributed by atoms with Crippen LogP contribution in [0, 0.1) is 0 Å². The molecule has 1 atom stereocenters. The number of nitrogens with one attached hydrogen (secondary N) is 1. The molecular weight excluding hydrogens is 224 g/mol. The predicted molar refractivity (Wildman–Crippen MR) is 66.8 cm³/mol. The largest absolute Gasteiger partial charge is 0.383 e. The highest BCUT2D eigenvalue weighted by molar-refractivity contribution is 6.29. The number of hydrogen-bond donors (Lipinski definition) is 1. The number of hydrogen-bond acceptors (Lipinski definition) is 3. The quantitative estimate of drug-likeness (QED) is 0.807. The Morgan fingerprint density at radius 2 is 2.19 bits per heavy atom. The van der Waals surface area contributed by atoms with Crippen LogP contribution in [0.5, 0.6) is 0 Å². The second-order valence-corrected chi connectivity index (χ2v) is 4.98. The van der Waals surface area contributed by atoms with E-state index in [1.807, 2.05) is 6.07 Å². The van der Waals surface area contributed by atoms with E-state index in [-0.39, 0.29) is 11.6 Å². The van der Waals surface area contributed by atoms with Crippen LogP contribution in [0.15, 0.2) is 18.3 Å². The van der Waals surface area contributed by atoms with Crippen LogP contribution in [0.1, 0.15) is 32.4 Å². The summed E-state index contributed by atoms with van der Waals surface area (Å²) in [5.74, 6) is 0. The van der Waals surface area contributed by atoms with Crippen molar-refractivity contribution in [2.75, 3.05) is 13.7 Å². The Kier molecular flexibility index (Phi) is 4.71. The molecule has 0 fully saturated rings. The number of nitrogens with zero attached hydrogens (tertiary/aromatic N) is 1. The van der Waals surface area contributed by atoms with Crippen LogP contribution in [-0.4, -0.2) is 24.2 Å². The Bertz CT molecular complexity index is 324. The van der Waals surface area contributed by atoms with E-state index in [0.717, 1.165) is 5.56 Å². The molecule has 1 aromatic heterocycles. The van der Waals surface area contributed by atoms with Gasteiger partial charge in [-0.1, -0.05) is 17.7 Å². The smallest absolute Gasteiger partial charge is 0.129 e. The first-order valence-corrected chi connectivity index (χ1v) is 5.70. The zero-order valence-corrected chi connectivity index (χ0v) is 11.0. The Morgan fingerprint density at radius 1 is 1.50 bits per heavy atom. The van der Waals surface area contributed by atoms with Crippen molar-refractivity contribution in [3.8, 4) is 0 Å². The molecular formula is C12H19ClN2O. The van der Waals surface area contributed by atoms with Gasteiger partial charge in [0.25, 0.3) is 0 Å². The van der Waals surface area contributed by atoms with Gasteiger partial charge in [-0.15, -0.1) is 0 Å². The third-order valence-corrected chi connectivity index (χ3v) is 2.59. The Labute approximate surface area is 102 Å². The molecule has 0 spiro atoms. The molecule has 1 N–H and O–H groups in total. The van der Waals surface area contributed by atoms with Gasteiger partial charge in [0.05, 0.1) is 6.61 Å². The van der Waals surface area contributed by atoms with Crippen molar-refractivity contribution >= 4 is 11.6 Å². The summed E-state index contributed by atoms with van der Waals surface area (Å²) in [5, 5.41) is 4.01. The highest BCUT2D eigenvalue weighted by Crippen LogP contribution is 2.17. The monoisotopic (exact) mass is 242 g/mol. The molecule has 0 saturated carbocycles. The maximum absolute atomic E-state index is 5.75. The van der Waals surface area contributed by atoms with Gasteiger partial charge in [-0.2, -0.15) is 0 Å². The molecule has 3 nitrogen and oxygen atoms in total. The van der Waals surface area contributed by atoms with Gasteiger partial charge in [0, 0.05) is 24.9 Å². The fourth-order valence-electron chi connectivity index (χ4n) is 1.72. The summed E-state index contributed by atoms with van der Waals surface area (Å²) in [6.45, 7) is 6.98. The van der Waals surface area contributed by atoms with E-state index in [1.54, 1.807) is 19.4 Å². The number of halogens is 1. The molecule has 0 bridgehead atoms. The van der Waals surface area contributed by atoms with Crippen molar-refractivity contribution < 1.29 is 4.74 Å². The molecule has 0 aliphatic heterocycles. The normalized spacial score (nSPS) is 13.8. The summed E-state index contributed by atoms with van der Waals surface area (Å²) < 4.78 is 5.16. The van der Waals surface area contributed by atoms with Crippen molar-refractivity contribution in [2.24, 2.45) is 0 Å². The molecule has 1 heterocycles. The van der Waals surface area contributed by atoms with Gasteiger partial charge in [0.1, 0.15) is 5.15 Å². The molecule has 90 valence electrons. The second-order valence-electron chi connectivity index (χ2n) is 4.60. The van der Waals surface area contributed by atoms with E-state index in [9.17, 15) is 0 Å². The van der Waals surface area contributed by atoms with Gasteiger partial charge in [-0.3, -0.25) is 0 Å². The third-order valence-electron chi connectivity index (χ3n) is 2.36. The van der Waals surface area contributed by atoms with E-state index in [2.05, 4.69) is 31.1 Å². The number of ether oxygens (including phenoxy) is 1. The molecule has 1 rings (SSSR count). The van der Waals surface area contributed by atoms with E-state index < -0.39 is 0 Å². The van der Waals surface area contributed by atoms with Crippen molar-refractivity contribution in [1.29, 1.82) is 0 Å². The molecule has 1 aromatic rings. The Morgan fingerprint density at radius 3 is 2.69 bits per heavy atom. The van der Waals surface area contributed by atoms with Crippen molar-refractivity contribution in [3.05, 3.63) is 29.0 Å². The van der Waals surface area contributed by atoms with Crippen LogP contribution in [0.25, 0.3) is 0 Å². The Hall–Kier alpha value is -0.640. The second kappa shape index (κ2) is 5.62. The number of methoxy groups -OCH3 is 1. The molecule has 0 amide bonds. The zero-order valence-electron chi connectivity index (χ0n) is 10.2. The van der Waals surface area contributed by atoms with Gasteiger partial charge in [-0.05, 0) is 32.4 Å².